The molecule has 1 aromatic carbocycles. The smallest absolute Gasteiger partial charge is 0.224 e. The molecule has 1 amide bonds. The van der Waals surface area contributed by atoms with Crippen molar-refractivity contribution in [3.8, 4) is 0 Å². The molecule has 1 heterocycles. The Morgan fingerprint density at radius 2 is 1.76 bits per heavy atom. The number of aromatic nitrogens is 1. The normalized spacial score (nSPS) is 27.5. The molecule has 4 bridgehead atoms. The van der Waals surface area contributed by atoms with E-state index in [1.165, 1.54) is 38.5 Å². The van der Waals surface area contributed by atoms with Crippen LogP contribution >= 0.6 is 12.4 Å². The first-order valence-electron chi connectivity index (χ1n) is 12.5. The van der Waals surface area contributed by atoms with Crippen molar-refractivity contribution in [1.29, 1.82) is 0 Å². The van der Waals surface area contributed by atoms with Gasteiger partial charge in [-0.05, 0) is 105 Å². The monoisotopic (exact) mass is 471 g/mol. The van der Waals surface area contributed by atoms with Gasteiger partial charge in [0.25, 0.3) is 0 Å². The number of carbonyl (C=O) groups is 1. The highest BCUT2D eigenvalue weighted by Crippen LogP contribution is 2.61. The van der Waals surface area contributed by atoms with Gasteiger partial charge < -0.3 is 15.7 Å². The maximum absolute atomic E-state index is 13.2. The summed E-state index contributed by atoms with van der Waals surface area (Å²) >= 11 is 0. The molecule has 180 valence electrons. The Kier molecular flexibility index (Phi) is 7.62. The van der Waals surface area contributed by atoms with Crippen LogP contribution in [-0.4, -0.2) is 35.7 Å². The molecule has 5 nitrogen and oxygen atoms in total. The summed E-state index contributed by atoms with van der Waals surface area (Å²) in [4.78, 5) is 18.1. The van der Waals surface area contributed by atoms with Crippen molar-refractivity contribution in [1.82, 2.24) is 10.3 Å². The Labute approximate surface area is 203 Å². The molecule has 4 aliphatic rings. The van der Waals surface area contributed by atoms with Crippen LogP contribution in [0.5, 0.6) is 0 Å². The third-order valence-electron chi connectivity index (χ3n) is 8.17. The maximum Gasteiger partial charge on any atom is 0.224 e. The van der Waals surface area contributed by atoms with Gasteiger partial charge in [0.1, 0.15) is 0 Å². The molecule has 0 atom stereocenters. The molecule has 33 heavy (non-hydrogen) atoms. The molecule has 0 spiro atoms. The number of aliphatic hydroxyl groups excluding tert-OH is 1. The minimum atomic E-state index is 0. The third kappa shape index (κ3) is 5.36. The first-order valence-corrected chi connectivity index (χ1v) is 12.5. The number of halogens is 1. The Hall–Kier alpha value is -1.69. The minimum absolute atomic E-state index is 0. The number of aryl methyl sites for hydroxylation is 1. The zero-order chi connectivity index (χ0) is 22.1. The second kappa shape index (κ2) is 10.3. The van der Waals surface area contributed by atoms with Gasteiger partial charge in [-0.25, -0.2) is 0 Å². The van der Waals surface area contributed by atoms with Crippen molar-refractivity contribution in [2.45, 2.75) is 64.7 Å². The van der Waals surface area contributed by atoms with E-state index in [4.69, 9.17) is 10.1 Å². The first-order chi connectivity index (χ1) is 15.5. The molecule has 2 aromatic rings. The van der Waals surface area contributed by atoms with Crippen LogP contribution in [0, 0.1) is 30.1 Å². The summed E-state index contributed by atoms with van der Waals surface area (Å²) in [6, 6.07) is 8.31. The summed E-state index contributed by atoms with van der Waals surface area (Å²) in [6.45, 7) is 3.96. The van der Waals surface area contributed by atoms with Crippen LogP contribution in [0.4, 0.5) is 5.69 Å². The van der Waals surface area contributed by atoms with Gasteiger partial charge in [0.05, 0.1) is 11.2 Å². The van der Waals surface area contributed by atoms with E-state index in [9.17, 15) is 4.79 Å². The van der Waals surface area contributed by atoms with E-state index in [1.807, 2.05) is 0 Å². The standard InChI is InChI=1S/C27H37N3O2.ClH/c1-18-3-6-24-23(5-4-22(29-24)7-9-28-8-2-10-31)26(18)30-25(32)17-27-14-19-11-20(15-27)13-21(12-19)16-27;/h3-6,19-21,28,31H,2,7-17H2,1H3,(H,30,32);1H. The van der Waals surface area contributed by atoms with Crippen LogP contribution in [0.2, 0.25) is 0 Å². The SMILES string of the molecule is Cc1ccc2nc(CCNCCCO)ccc2c1NC(=O)CC12CC3CC(CC(C3)C1)C2.Cl. The Bertz CT molecular complexity index is 957. The summed E-state index contributed by atoms with van der Waals surface area (Å²) < 4.78 is 0. The number of hydrogen-bond donors (Lipinski definition) is 3. The third-order valence-corrected chi connectivity index (χ3v) is 8.17. The van der Waals surface area contributed by atoms with Crippen LogP contribution in [0.1, 0.15) is 62.6 Å². The predicted octanol–water partition coefficient (Wildman–Crippen LogP) is 5.02. The molecule has 0 unspecified atom stereocenters. The molecule has 6 rings (SSSR count). The number of nitrogens with zero attached hydrogens (tertiary/aromatic N) is 1. The Balaban J connectivity index is 0.00000259. The van der Waals surface area contributed by atoms with Gasteiger partial charge in [0.15, 0.2) is 0 Å². The topological polar surface area (TPSA) is 74.2 Å². The van der Waals surface area contributed by atoms with Gasteiger partial charge in [-0.1, -0.05) is 6.07 Å². The fraction of sp³-hybridized carbons (Fsp3) is 0.630. The van der Waals surface area contributed by atoms with E-state index in [0.29, 0.717) is 6.42 Å². The molecule has 1 aromatic heterocycles. The summed E-state index contributed by atoms with van der Waals surface area (Å²) in [5.74, 6) is 2.79. The quantitative estimate of drug-likeness (QED) is 0.448. The largest absolute Gasteiger partial charge is 0.396 e. The van der Waals surface area contributed by atoms with Gasteiger partial charge in [-0.15, -0.1) is 12.4 Å². The molecule has 0 aliphatic heterocycles. The van der Waals surface area contributed by atoms with E-state index in [1.54, 1.807) is 0 Å². The van der Waals surface area contributed by atoms with E-state index < -0.39 is 0 Å². The van der Waals surface area contributed by atoms with Crippen molar-refractivity contribution < 1.29 is 9.90 Å². The average Bonchev–Trinajstić information content (AvgIpc) is 2.74. The lowest BCUT2D eigenvalue weighted by molar-refractivity contribution is -0.124. The van der Waals surface area contributed by atoms with Crippen LogP contribution in [-0.2, 0) is 11.2 Å². The van der Waals surface area contributed by atoms with Crippen LogP contribution in [0.3, 0.4) is 0 Å². The van der Waals surface area contributed by atoms with Crippen molar-refractivity contribution in [2.75, 3.05) is 25.0 Å². The zero-order valence-electron chi connectivity index (χ0n) is 19.7. The fourth-order valence-corrected chi connectivity index (χ4v) is 7.24. The number of rotatable bonds is 9. The molecule has 6 heteroatoms. The molecule has 4 fully saturated rings. The Morgan fingerprint density at radius 1 is 1.06 bits per heavy atom. The molecule has 0 saturated heterocycles. The zero-order valence-corrected chi connectivity index (χ0v) is 20.6. The number of hydrogen-bond acceptors (Lipinski definition) is 4. The summed E-state index contributed by atoms with van der Waals surface area (Å²) in [5, 5.41) is 16.5. The number of nitrogens with one attached hydrogen (secondary N) is 2. The van der Waals surface area contributed by atoms with Crippen molar-refractivity contribution in [2.24, 2.45) is 23.2 Å². The average molecular weight is 472 g/mol. The second-order valence-electron chi connectivity index (χ2n) is 10.8. The lowest BCUT2D eigenvalue weighted by atomic mass is 9.49. The Morgan fingerprint density at radius 3 is 2.42 bits per heavy atom. The summed E-state index contributed by atoms with van der Waals surface area (Å²) in [7, 11) is 0. The molecule has 0 radical (unpaired) electrons. The van der Waals surface area contributed by atoms with Crippen LogP contribution in [0.15, 0.2) is 24.3 Å². The fourth-order valence-electron chi connectivity index (χ4n) is 7.24. The van der Waals surface area contributed by atoms with Gasteiger partial charge in [0, 0.05) is 37.1 Å². The predicted molar refractivity (Wildman–Crippen MR) is 136 cm³/mol. The number of pyridine rings is 1. The molecule has 3 N–H and O–H groups in total. The van der Waals surface area contributed by atoms with E-state index in [2.05, 4.69) is 41.8 Å². The van der Waals surface area contributed by atoms with Crippen molar-refractivity contribution in [3.05, 3.63) is 35.5 Å². The number of aliphatic hydroxyl groups is 1. The van der Waals surface area contributed by atoms with Crippen LogP contribution in [0.25, 0.3) is 10.9 Å². The lowest BCUT2D eigenvalue weighted by Crippen LogP contribution is -2.47. The van der Waals surface area contributed by atoms with Gasteiger partial charge in [-0.2, -0.15) is 0 Å². The highest BCUT2D eigenvalue weighted by molar-refractivity contribution is 6.02. The highest BCUT2D eigenvalue weighted by Gasteiger charge is 2.51. The number of carbonyl (C=O) groups excluding carboxylic acids is 1. The number of benzene rings is 1. The summed E-state index contributed by atoms with van der Waals surface area (Å²) in [5.41, 5.74) is 4.26. The lowest BCUT2D eigenvalue weighted by Gasteiger charge is -2.56. The number of anilines is 1. The van der Waals surface area contributed by atoms with Crippen molar-refractivity contribution in [3.63, 3.8) is 0 Å². The van der Waals surface area contributed by atoms with Crippen molar-refractivity contribution >= 4 is 34.9 Å². The maximum atomic E-state index is 13.2. The highest BCUT2D eigenvalue weighted by atomic mass is 35.5. The van der Waals surface area contributed by atoms with Gasteiger partial charge in [-0.3, -0.25) is 9.78 Å². The van der Waals surface area contributed by atoms with Gasteiger partial charge >= 0.3 is 0 Å². The molecule has 4 aliphatic carbocycles. The number of fused-ring (bicyclic) bond motifs is 1. The minimum Gasteiger partial charge on any atom is -0.396 e. The second-order valence-corrected chi connectivity index (χ2v) is 10.8. The molecular formula is C27H38ClN3O2. The first kappa shape index (κ1) is 24.4. The molecular weight excluding hydrogens is 434 g/mol. The van der Waals surface area contributed by atoms with E-state index >= 15 is 0 Å². The van der Waals surface area contributed by atoms with E-state index in [0.717, 1.165) is 71.5 Å². The summed E-state index contributed by atoms with van der Waals surface area (Å²) in [6.07, 6.45) is 10.3. The van der Waals surface area contributed by atoms with Gasteiger partial charge in [0.2, 0.25) is 5.91 Å². The molecule has 4 saturated carbocycles. The van der Waals surface area contributed by atoms with Crippen LogP contribution < -0.4 is 10.6 Å². The van der Waals surface area contributed by atoms with E-state index in [-0.39, 0.29) is 30.3 Å². The number of amides is 1.